The Morgan fingerprint density at radius 2 is 2.13 bits per heavy atom. The highest BCUT2D eigenvalue weighted by molar-refractivity contribution is 5.82. The third-order valence-electron chi connectivity index (χ3n) is 4.59. The Labute approximate surface area is 138 Å². The largest absolute Gasteiger partial charge is 0.341 e. The van der Waals surface area contributed by atoms with Gasteiger partial charge >= 0.3 is 0 Å². The van der Waals surface area contributed by atoms with Crippen molar-refractivity contribution >= 4 is 16.9 Å². The predicted octanol–water partition coefficient (Wildman–Crippen LogP) is 3.38. The third-order valence-corrected chi connectivity index (χ3v) is 4.59. The SMILES string of the molecule is C=CCNC1CCCN(c2nc(C)c3ccc(C)cc3n2)CC1. The molecule has 1 aliphatic heterocycles. The van der Waals surface area contributed by atoms with Crippen LogP contribution in [-0.4, -0.2) is 35.6 Å². The van der Waals surface area contributed by atoms with Gasteiger partial charge in [0.15, 0.2) is 0 Å². The van der Waals surface area contributed by atoms with E-state index in [2.05, 4.69) is 48.8 Å². The first-order chi connectivity index (χ1) is 11.2. The second-order valence-electron chi connectivity index (χ2n) is 6.44. The normalized spacial score (nSPS) is 18.9. The minimum Gasteiger partial charge on any atom is -0.341 e. The summed E-state index contributed by atoms with van der Waals surface area (Å²) in [7, 11) is 0. The maximum atomic E-state index is 4.83. The molecule has 1 atom stereocenters. The highest BCUT2D eigenvalue weighted by Gasteiger charge is 2.19. The molecular formula is C19H26N4. The highest BCUT2D eigenvalue weighted by Crippen LogP contribution is 2.22. The quantitative estimate of drug-likeness (QED) is 0.879. The van der Waals surface area contributed by atoms with Gasteiger partial charge in [0.05, 0.1) is 11.2 Å². The zero-order chi connectivity index (χ0) is 16.2. The number of aromatic nitrogens is 2. The number of benzene rings is 1. The van der Waals surface area contributed by atoms with Gasteiger partial charge in [-0.3, -0.25) is 0 Å². The van der Waals surface area contributed by atoms with Crippen molar-refractivity contribution in [3.8, 4) is 0 Å². The van der Waals surface area contributed by atoms with E-state index >= 15 is 0 Å². The Balaban J connectivity index is 1.81. The van der Waals surface area contributed by atoms with Gasteiger partial charge in [-0.2, -0.15) is 0 Å². The Morgan fingerprint density at radius 1 is 1.26 bits per heavy atom. The maximum absolute atomic E-state index is 4.83. The molecule has 122 valence electrons. The fraction of sp³-hybridized carbons (Fsp3) is 0.474. The molecule has 1 fully saturated rings. The predicted molar refractivity (Wildman–Crippen MR) is 97.1 cm³/mol. The Hall–Kier alpha value is -1.94. The maximum Gasteiger partial charge on any atom is 0.226 e. The lowest BCUT2D eigenvalue weighted by Gasteiger charge is -2.21. The van der Waals surface area contributed by atoms with Crippen LogP contribution in [0.25, 0.3) is 10.9 Å². The van der Waals surface area contributed by atoms with Crippen molar-refractivity contribution in [1.82, 2.24) is 15.3 Å². The van der Waals surface area contributed by atoms with Crippen LogP contribution in [0, 0.1) is 13.8 Å². The summed E-state index contributed by atoms with van der Waals surface area (Å²) in [4.78, 5) is 11.9. The van der Waals surface area contributed by atoms with E-state index in [4.69, 9.17) is 9.97 Å². The van der Waals surface area contributed by atoms with Gasteiger partial charge in [-0.15, -0.1) is 6.58 Å². The molecule has 1 N–H and O–H groups in total. The monoisotopic (exact) mass is 310 g/mol. The lowest BCUT2D eigenvalue weighted by molar-refractivity contribution is 0.494. The molecule has 0 radical (unpaired) electrons. The molecule has 1 saturated heterocycles. The number of anilines is 1. The number of nitrogens with zero attached hydrogens (tertiary/aromatic N) is 3. The molecule has 1 unspecified atom stereocenters. The van der Waals surface area contributed by atoms with Crippen molar-refractivity contribution < 1.29 is 0 Å². The summed E-state index contributed by atoms with van der Waals surface area (Å²) < 4.78 is 0. The fourth-order valence-electron chi connectivity index (χ4n) is 3.27. The molecule has 1 aromatic heterocycles. The number of hydrogen-bond donors (Lipinski definition) is 1. The van der Waals surface area contributed by atoms with Crippen molar-refractivity contribution in [3.05, 3.63) is 42.1 Å². The Bertz CT molecular complexity index is 695. The zero-order valence-corrected chi connectivity index (χ0v) is 14.2. The summed E-state index contributed by atoms with van der Waals surface area (Å²) in [6.45, 7) is 10.9. The first-order valence-corrected chi connectivity index (χ1v) is 8.51. The first kappa shape index (κ1) is 15.9. The molecule has 3 rings (SSSR count). The molecule has 0 amide bonds. The summed E-state index contributed by atoms with van der Waals surface area (Å²) in [5, 5.41) is 4.70. The van der Waals surface area contributed by atoms with Crippen molar-refractivity contribution in [2.45, 2.75) is 39.2 Å². The van der Waals surface area contributed by atoms with Gasteiger partial charge in [-0.25, -0.2) is 9.97 Å². The van der Waals surface area contributed by atoms with E-state index in [1.54, 1.807) is 0 Å². The van der Waals surface area contributed by atoms with Crippen LogP contribution in [0.2, 0.25) is 0 Å². The van der Waals surface area contributed by atoms with E-state index < -0.39 is 0 Å². The summed E-state index contributed by atoms with van der Waals surface area (Å²) in [6.07, 6.45) is 5.43. The van der Waals surface area contributed by atoms with E-state index in [1.807, 2.05) is 6.08 Å². The van der Waals surface area contributed by atoms with Crippen LogP contribution in [0.5, 0.6) is 0 Å². The Kier molecular flexibility index (Phi) is 4.91. The van der Waals surface area contributed by atoms with Crippen molar-refractivity contribution in [3.63, 3.8) is 0 Å². The van der Waals surface area contributed by atoms with Crippen LogP contribution >= 0.6 is 0 Å². The topological polar surface area (TPSA) is 41.0 Å². The number of rotatable bonds is 4. The minimum absolute atomic E-state index is 0.571. The molecule has 0 saturated carbocycles. The van der Waals surface area contributed by atoms with Crippen LogP contribution in [0.4, 0.5) is 5.95 Å². The molecule has 1 aliphatic rings. The molecule has 1 aromatic carbocycles. The van der Waals surface area contributed by atoms with Gasteiger partial charge < -0.3 is 10.2 Å². The number of aryl methyl sites for hydroxylation is 2. The van der Waals surface area contributed by atoms with Crippen LogP contribution in [0.15, 0.2) is 30.9 Å². The summed E-state index contributed by atoms with van der Waals surface area (Å²) >= 11 is 0. The number of fused-ring (bicyclic) bond motifs is 1. The van der Waals surface area contributed by atoms with Crippen LogP contribution in [-0.2, 0) is 0 Å². The van der Waals surface area contributed by atoms with Crippen molar-refractivity contribution in [2.24, 2.45) is 0 Å². The molecule has 0 spiro atoms. The average molecular weight is 310 g/mol. The molecule has 4 heteroatoms. The van der Waals surface area contributed by atoms with Gasteiger partial charge in [0.2, 0.25) is 5.95 Å². The molecular weight excluding hydrogens is 284 g/mol. The summed E-state index contributed by atoms with van der Waals surface area (Å²) in [5.74, 6) is 0.880. The van der Waals surface area contributed by atoms with Crippen LogP contribution in [0.3, 0.4) is 0 Å². The Morgan fingerprint density at radius 3 is 2.96 bits per heavy atom. The smallest absolute Gasteiger partial charge is 0.226 e. The number of hydrogen-bond acceptors (Lipinski definition) is 4. The lowest BCUT2D eigenvalue weighted by Crippen LogP contribution is -2.31. The summed E-state index contributed by atoms with van der Waals surface area (Å²) in [5.41, 5.74) is 3.36. The van der Waals surface area contributed by atoms with Gasteiger partial charge in [-0.05, 0) is 44.7 Å². The standard InChI is InChI=1S/C19H26N4/c1-4-10-20-16-6-5-11-23(12-9-16)19-21-15(3)17-8-7-14(2)13-18(17)22-19/h4,7-8,13,16,20H,1,5-6,9-12H2,2-3H3. The molecule has 2 aromatic rings. The minimum atomic E-state index is 0.571. The van der Waals surface area contributed by atoms with Gasteiger partial charge in [0.25, 0.3) is 0 Å². The zero-order valence-electron chi connectivity index (χ0n) is 14.2. The van der Waals surface area contributed by atoms with Crippen LogP contribution < -0.4 is 10.2 Å². The highest BCUT2D eigenvalue weighted by atomic mass is 15.3. The van der Waals surface area contributed by atoms with E-state index in [1.165, 1.54) is 18.4 Å². The second kappa shape index (κ2) is 7.09. The third kappa shape index (κ3) is 3.70. The lowest BCUT2D eigenvalue weighted by atomic mass is 10.1. The first-order valence-electron chi connectivity index (χ1n) is 8.51. The van der Waals surface area contributed by atoms with E-state index in [-0.39, 0.29) is 0 Å². The van der Waals surface area contributed by atoms with E-state index in [0.29, 0.717) is 6.04 Å². The van der Waals surface area contributed by atoms with Gasteiger partial charge in [0, 0.05) is 31.1 Å². The molecule has 23 heavy (non-hydrogen) atoms. The number of nitrogens with one attached hydrogen (secondary N) is 1. The van der Waals surface area contributed by atoms with E-state index in [0.717, 1.165) is 48.6 Å². The van der Waals surface area contributed by atoms with E-state index in [9.17, 15) is 0 Å². The molecule has 2 heterocycles. The van der Waals surface area contributed by atoms with Crippen LogP contribution in [0.1, 0.15) is 30.5 Å². The second-order valence-corrected chi connectivity index (χ2v) is 6.44. The fourth-order valence-corrected chi connectivity index (χ4v) is 3.27. The molecule has 4 nitrogen and oxygen atoms in total. The summed E-state index contributed by atoms with van der Waals surface area (Å²) in [6, 6.07) is 6.98. The van der Waals surface area contributed by atoms with Gasteiger partial charge in [-0.1, -0.05) is 18.2 Å². The molecule has 0 aliphatic carbocycles. The van der Waals surface area contributed by atoms with Gasteiger partial charge in [0.1, 0.15) is 0 Å². The molecule has 0 bridgehead atoms. The van der Waals surface area contributed by atoms with Crippen molar-refractivity contribution in [2.75, 3.05) is 24.5 Å². The van der Waals surface area contributed by atoms with Crippen molar-refractivity contribution in [1.29, 1.82) is 0 Å². The average Bonchev–Trinajstić information content (AvgIpc) is 2.78.